The quantitative estimate of drug-likeness (QED) is 0.609. The number of alkyl halides is 1. The third kappa shape index (κ3) is 3.05. The first-order chi connectivity index (χ1) is 8.11. The summed E-state index contributed by atoms with van der Waals surface area (Å²) in [5.74, 6) is 0.834. The second-order valence-electron chi connectivity index (χ2n) is 3.39. The van der Waals surface area contributed by atoms with Crippen LogP contribution in [-0.4, -0.2) is 7.11 Å². The maximum absolute atomic E-state index is 6.03. The van der Waals surface area contributed by atoms with Gasteiger partial charge in [0.1, 0.15) is 5.75 Å². The largest absolute Gasteiger partial charge is 0.496 e. The molecular weight excluding hydrogens is 387 g/mol. The summed E-state index contributed by atoms with van der Waals surface area (Å²) in [6, 6.07) is 9.75. The second-order valence-corrected chi connectivity index (χ2v) is 7.24. The molecule has 5 heteroatoms. The summed E-state index contributed by atoms with van der Waals surface area (Å²) in [5.41, 5.74) is 1.04. The molecule has 1 nitrogen and oxygen atoms in total. The van der Waals surface area contributed by atoms with E-state index in [9.17, 15) is 0 Å². The SMILES string of the molecule is COc1ccc(Cl)cc1C(Br)c1ccc(Br)s1. The molecular formula is C12H9Br2ClOS. The molecule has 0 saturated heterocycles. The highest BCUT2D eigenvalue weighted by molar-refractivity contribution is 9.11. The average Bonchev–Trinajstić information content (AvgIpc) is 2.75. The average molecular weight is 397 g/mol. The van der Waals surface area contributed by atoms with Crippen LogP contribution in [-0.2, 0) is 0 Å². The van der Waals surface area contributed by atoms with Gasteiger partial charge in [0.05, 0.1) is 15.7 Å². The van der Waals surface area contributed by atoms with E-state index >= 15 is 0 Å². The van der Waals surface area contributed by atoms with Gasteiger partial charge in [-0.05, 0) is 46.3 Å². The first kappa shape index (κ1) is 13.4. The number of hydrogen-bond donors (Lipinski definition) is 0. The molecule has 0 aliphatic carbocycles. The minimum Gasteiger partial charge on any atom is -0.496 e. The number of rotatable bonds is 3. The first-order valence-electron chi connectivity index (χ1n) is 4.84. The highest BCUT2D eigenvalue weighted by atomic mass is 79.9. The van der Waals surface area contributed by atoms with Crippen LogP contribution >= 0.6 is 54.8 Å². The summed E-state index contributed by atoms with van der Waals surface area (Å²) in [4.78, 5) is 1.30. The molecule has 2 aromatic rings. The van der Waals surface area contributed by atoms with E-state index in [1.807, 2.05) is 24.3 Å². The molecule has 0 spiro atoms. The van der Waals surface area contributed by atoms with E-state index in [0.29, 0.717) is 5.02 Å². The predicted molar refractivity (Wildman–Crippen MR) is 80.8 cm³/mol. The zero-order chi connectivity index (χ0) is 12.4. The fourth-order valence-electron chi connectivity index (χ4n) is 1.52. The molecule has 0 fully saturated rings. The van der Waals surface area contributed by atoms with Crippen molar-refractivity contribution < 1.29 is 4.74 Å². The van der Waals surface area contributed by atoms with Crippen LogP contribution in [0.1, 0.15) is 15.3 Å². The molecule has 0 bridgehead atoms. The molecule has 1 atom stereocenters. The molecule has 0 N–H and O–H groups in total. The summed E-state index contributed by atoms with van der Waals surface area (Å²) >= 11 is 14.9. The van der Waals surface area contributed by atoms with E-state index in [1.165, 1.54) is 4.88 Å². The van der Waals surface area contributed by atoms with Gasteiger partial charge in [0.15, 0.2) is 0 Å². The summed E-state index contributed by atoms with van der Waals surface area (Å²) in [6.07, 6.45) is 0. The molecule has 17 heavy (non-hydrogen) atoms. The van der Waals surface area contributed by atoms with Crippen LogP contribution < -0.4 is 4.74 Å². The Morgan fingerprint density at radius 2 is 2.06 bits per heavy atom. The third-order valence-electron chi connectivity index (χ3n) is 2.31. The number of hydrogen-bond acceptors (Lipinski definition) is 2. The molecule has 1 aromatic carbocycles. The van der Waals surface area contributed by atoms with Gasteiger partial charge in [-0.25, -0.2) is 0 Å². The van der Waals surface area contributed by atoms with Crippen LogP contribution in [0.2, 0.25) is 5.02 Å². The van der Waals surface area contributed by atoms with Crippen molar-refractivity contribution in [1.82, 2.24) is 0 Å². The van der Waals surface area contributed by atoms with Crippen LogP contribution in [0.4, 0.5) is 0 Å². The van der Waals surface area contributed by atoms with Crippen LogP contribution in [0, 0.1) is 0 Å². The molecule has 1 heterocycles. The van der Waals surface area contributed by atoms with Crippen molar-refractivity contribution in [1.29, 1.82) is 0 Å². The third-order valence-corrected chi connectivity index (χ3v) is 5.52. The van der Waals surface area contributed by atoms with E-state index in [4.69, 9.17) is 16.3 Å². The zero-order valence-corrected chi connectivity index (χ0v) is 13.7. The predicted octanol–water partition coefficient (Wildman–Crippen LogP) is 5.66. The van der Waals surface area contributed by atoms with Crippen molar-refractivity contribution in [3.63, 3.8) is 0 Å². The number of methoxy groups -OCH3 is 1. The summed E-state index contributed by atoms with van der Waals surface area (Å²) in [6.45, 7) is 0. The Labute approximate surface area is 126 Å². The van der Waals surface area contributed by atoms with Gasteiger partial charge in [0.2, 0.25) is 0 Å². The zero-order valence-electron chi connectivity index (χ0n) is 8.91. The van der Waals surface area contributed by atoms with Crippen LogP contribution in [0.15, 0.2) is 34.1 Å². The van der Waals surface area contributed by atoms with Crippen LogP contribution in [0.3, 0.4) is 0 Å². The molecule has 0 saturated carbocycles. The van der Waals surface area contributed by atoms with Crippen molar-refractivity contribution in [2.75, 3.05) is 7.11 Å². The van der Waals surface area contributed by atoms with Crippen molar-refractivity contribution >= 4 is 54.8 Å². The van der Waals surface area contributed by atoms with Gasteiger partial charge in [-0.3, -0.25) is 0 Å². The molecule has 0 amide bonds. The molecule has 0 radical (unpaired) electrons. The monoisotopic (exact) mass is 394 g/mol. The minimum atomic E-state index is 0.0902. The Balaban J connectivity index is 2.42. The molecule has 1 unspecified atom stereocenters. The summed E-state index contributed by atoms with van der Waals surface area (Å²) in [5, 5.41) is 0.709. The van der Waals surface area contributed by atoms with Crippen LogP contribution in [0.25, 0.3) is 0 Å². The maximum Gasteiger partial charge on any atom is 0.123 e. The van der Waals surface area contributed by atoms with E-state index in [-0.39, 0.29) is 4.83 Å². The van der Waals surface area contributed by atoms with Gasteiger partial charge in [0.25, 0.3) is 0 Å². The second kappa shape index (κ2) is 5.74. The van der Waals surface area contributed by atoms with Crippen LogP contribution in [0.5, 0.6) is 5.75 Å². The highest BCUT2D eigenvalue weighted by Gasteiger charge is 2.17. The van der Waals surface area contributed by atoms with Gasteiger partial charge >= 0.3 is 0 Å². The number of ether oxygens (including phenoxy) is 1. The fraction of sp³-hybridized carbons (Fsp3) is 0.167. The Kier molecular flexibility index (Phi) is 4.53. The Morgan fingerprint density at radius 3 is 2.65 bits per heavy atom. The van der Waals surface area contributed by atoms with E-state index in [0.717, 1.165) is 15.1 Å². The number of halogens is 3. The lowest BCUT2D eigenvalue weighted by atomic mass is 10.1. The molecule has 0 aliphatic heterocycles. The lowest BCUT2D eigenvalue weighted by Crippen LogP contribution is -1.95. The van der Waals surface area contributed by atoms with Gasteiger partial charge in [-0.1, -0.05) is 27.5 Å². The highest BCUT2D eigenvalue weighted by Crippen LogP contribution is 2.41. The van der Waals surface area contributed by atoms with Crippen molar-refractivity contribution in [2.45, 2.75) is 4.83 Å². The lowest BCUT2D eigenvalue weighted by Gasteiger charge is -2.13. The normalized spacial score (nSPS) is 12.5. The molecule has 0 aliphatic rings. The van der Waals surface area contributed by atoms with Gasteiger partial charge in [-0.2, -0.15) is 0 Å². The smallest absolute Gasteiger partial charge is 0.123 e. The molecule has 2 rings (SSSR count). The minimum absolute atomic E-state index is 0.0902. The van der Waals surface area contributed by atoms with Crippen molar-refractivity contribution in [2.24, 2.45) is 0 Å². The lowest BCUT2D eigenvalue weighted by molar-refractivity contribution is 0.410. The molecule has 1 aromatic heterocycles. The number of thiophene rings is 1. The van der Waals surface area contributed by atoms with E-state index < -0.39 is 0 Å². The van der Waals surface area contributed by atoms with Gasteiger partial charge < -0.3 is 4.74 Å². The molecule has 90 valence electrons. The topological polar surface area (TPSA) is 9.23 Å². The standard InChI is InChI=1S/C12H9Br2ClOS/c1-16-9-3-2-7(15)6-8(9)12(14)10-4-5-11(13)17-10/h2-6,12H,1H3. The first-order valence-corrected chi connectivity index (χ1v) is 7.75. The summed E-state index contributed by atoms with van der Waals surface area (Å²) in [7, 11) is 1.66. The summed E-state index contributed by atoms with van der Waals surface area (Å²) < 4.78 is 6.46. The fourth-order valence-corrected chi connectivity index (χ4v) is 3.91. The van der Waals surface area contributed by atoms with E-state index in [2.05, 4.69) is 37.9 Å². The van der Waals surface area contributed by atoms with Gasteiger partial charge in [0, 0.05) is 15.5 Å². The number of benzene rings is 1. The van der Waals surface area contributed by atoms with E-state index in [1.54, 1.807) is 18.4 Å². The van der Waals surface area contributed by atoms with Crippen molar-refractivity contribution in [3.05, 3.63) is 49.6 Å². The Hall–Kier alpha value is -0.0300. The maximum atomic E-state index is 6.03. The Morgan fingerprint density at radius 1 is 1.29 bits per heavy atom. The Bertz CT molecular complexity index is 527. The van der Waals surface area contributed by atoms with Gasteiger partial charge in [-0.15, -0.1) is 11.3 Å². The van der Waals surface area contributed by atoms with Crippen molar-refractivity contribution in [3.8, 4) is 5.75 Å².